The van der Waals surface area contributed by atoms with E-state index in [1.165, 1.54) is 0 Å². The number of hydrogen-bond acceptors (Lipinski definition) is 4. The average molecular weight is 348 g/mol. The Morgan fingerprint density at radius 1 is 1.00 bits per heavy atom. The van der Waals surface area contributed by atoms with E-state index in [4.69, 9.17) is 27.6 Å². The van der Waals surface area contributed by atoms with E-state index < -0.39 is 0 Å². The molecular weight excluding hydrogens is 337 g/mol. The van der Waals surface area contributed by atoms with Crippen LogP contribution in [0.1, 0.15) is 16.2 Å². The van der Waals surface area contributed by atoms with E-state index in [2.05, 4.69) is 15.5 Å². The van der Waals surface area contributed by atoms with E-state index in [9.17, 15) is 4.79 Å². The highest BCUT2D eigenvalue weighted by molar-refractivity contribution is 6.34. The van der Waals surface area contributed by atoms with E-state index in [1.54, 1.807) is 36.4 Å². The number of halogens is 2. The summed E-state index contributed by atoms with van der Waals surface area (Å²) < 4.78 is 5.51. The monoisotopic (exact) mass is 347 g/mol. The van der Waals surface area contributed by atoms with Crippen LogP contribution in [-0.2, 0) is 6.54 Å². The Labute approximate surface area is 142 Å². The summed E-state index contributed by atoms with van der Waals surface area (Å²) in [6.45, 7) is 0.0987. The number of nitrogens with zero attached hydrogens (tertiary/aromatic N) is 2. The first-order chi connectivity index (χ1) is 11.1. The van der Waals surface area contributed by atoms with E-state index in [-0.39, 0.29) is 18.3 Å². The topological polar surface area (TPSA) is 68.0 Å². The van der Waals surface area contributed by atoms with Gasteiger partial charge in [-0.25, -0.2) is 0 Å². The average Bonchev–Trinajstić information content (AvgIpc) is 3.02. The molecule has 23 heavy (non-hydrogen) atoms. The number of amides is 1. The Kier molecular flexibility index (Phi) is 4.60. The molecule has 0 saturated carbocycles. The fourth-order valence-corrected chi connectivity index (χ4v) is 2.40. The van der Waals surface area contributed by atoms with Crippen LogP contribution >= 0.6 is 23.2 Å². The van der Waals surface area contributed by atoms with Gasteiger partial charge in [0.2, 0.25) is 11.8 Å². The van der Waals surface area contributed by atoms with Crippen LogP contribution in [0.5, 0.6) is 0 Å². The Bertz CT molecular complexity index is 849. The zero-order valence-electron chi connectivity index (χ0n) is 11.8. The second-order valence-electron chi connectivity index (χ2n) is 4.64. The summed E-state index contributed by atoms with van der Waals surface area (Å²) in [5.41, 5.74) is 1.03. The van der Waals surface area contributed by atoms with Crippen LogP contribution in [0.3, 0.4) is 0 Å². The summed E-state index contributed by atoms with van der Waals surface area (Å²) in [6.07, 6.45) is 0. The van der Waals surface area contributed by atoms with Gasteiger partial charge in [0.1, 0.15) is 0 Å². The highest BCUT2D eigenvalue weighted by atomic mass is 35.5. The predicted molar refractivity (Wildman–Crippen MR) is 87.4 cm³/mol. The van der Waals surface area contributed by atoms with Gasteiger partial charge in [0.25, 0.3) is 5.91 Å². The van der Waals surface area contributed by atoms with Gasteiger partial charge in [-0.3, -0.25) is 4.79 Å². The molecule has 5 nitrogen and oxygen atoms in total. The van der Waals surface area contributed by atoms with Crippen LogP contribution in [0.25, 0.3) is 11.5 Å². The van der Waals surface area contributed by atoms with Crippen molar-refractivity contribution in [3.63, 3.8) is 0 Å². The predicted octanol–water partition coefficient (Wildman–Crippen LogP) is 3.97. The molecule has 0 unspecified atom stereocenters. The summed E-state index contributed by atoms with van der Waals surface area (Å²) in [6, 6.07) is 13.9. The number of rotatable bonds is 4. The molecule has 1 heterocycles. The van der Waals surface area contributed by atoms with Crippen molar-refractivity contribution in [1.29, 1.82) is 0 Å². The third-order valence-corrected chi connectivity index (χ3v) is 3.75. The van der Waals surface area contributed by atoms with E-state index in [0.717, 1.165) is 0 Å². The van der Waals surface area contributed by atoms with Crippen LogP contribution in [0.4, 0.5) is 0 Å². The van der Waals surface area contributed by atoms with Crippen LogP contribution < -0.4 is 5.32 Å². The third-order valence-electron chi connectivity index (χ3n) is 3.09. The third kappa shape index (κ3) is 3.52. The number of nitrogens with one attached hydrogen (secondary N) is 1. The van der Waals surface area contributed by atoms with Gasteiger partial charge in [-0.1, -0.05) is 47.5 Å². The molecular formula is C16H11Cl2N3O2. The smallest absolute Gasteiger partial charge is 0.253 e. The first-order valence-corrected chi connectivity index (χ1v) is 7.51. The summed E-state index contributed by atoms with van der Waals surface area (Å²) in [5.74, 6) is 0.269. The molecule has 0 aliphatic carbocycles. The van der Waals surface area contributed by atoms with Gasteiger partial charge in [-0.15, -0.1) is 10.2 Å². The quantitative estimate of drug-likeness (QED) is 0.775. The van der Waals surface area contributed by atoms with Crippen LogP contribution in [0.15, 0.2) is 52.9 Å². The van der Waals surface area contributed by atoms with Crippen LogP contribution in [0, 0.1) is 0 Å². The minimum atomic E-state index is -0.312. The first-order valence-electron chi connectivity index (χ1n) is 6.75. The first kappa shape index (κ1) is 15.5. The number of carbonyl (C=O) groups excluding carboxylic acids is 1. The molecule has 7 heteroatoms. The second kappa shape index (κ2) is 6.81. The number of hydrogen-bond donors (Lipinski definition) is 1. The van der Waals surface area contributed by atoms with Crippen molar-refractivity contribution in [2.75, 3.05) is 0 Å². The molecule has 2 aromatic carbocycles. The largest absolute Gasteiger partial charge is 0.419 e. The number of aromatic nitrogens is 2. The Morgan fingerprint density at radius 3 is 2.43 bits per heavy atom. The van der Waals surface area contributed by atoms with Crippen molar-refractivity contribution in [2.45, 2.75) is 6.54 Å². The van der Waals surface area contributed by atoms with Gasteiger partial charge >= 0.3 is 0 Å². The minimum absolute atomic E-state index is 0.0987. The molecule has 0 bridgehead atoms. The molecule has 0 spiro atoms. The standard InChI is InChI=1S/C16H11Cl2N3O2/c17-12-7-3-1-5-10(12)15(22)19-9-14-20-21-16(23-14)11-6-2-4-8-13(11)18/h1-8H,9H2,(H,19,22). The summed E-state index contributed by atoms with van der Waals surface area (Å²) in [7, 11) is 0. The van der Waals surface area contributed by atoms with Gasteiger partial charge in [-0.05, 0) is 24.3 Å². The van der Waals surface area contributed by atoms with Gasteiger partial charge in [0.05, 0.1) is 27.7 Å². The number of benzene rings is 2. The summed E-state index contributed by atoms with van der Waals surface area (Å²) in [4.78, 5) is 12.1. The Balaban J connectivity index is 1.70. The zero-order chi connectivity index (χ0) is 16.2. The SMILES string of the molecule is O=C(NCc1nnc(-c2ccccc2Cl)o1)c1ccccc1Cl. The van der Waals surface area contributed by atoms with Crippen molar-refractivity contribution in [3.05, 3.63) is 70.0 Å². The summed E-state index contributed by atoms with van der Waals surface area (Å²) >= 11 is 12.1. The molecule has 0 aliphatic heterocycles. The second-order valence-corrected chi connectivity index (χ2v) is 5.46. The lowest BCUT2D eigenvalue weighted by Gasteiger charge is -2.04. The molecule has 3 aromatic rings. The molecule has 0 aliphatic rings. The van der Waals surface area contributed by atoms with Crippen molar-refractivity contribution in [1.82, 2.24) is 15.5 Å². The van der Waals surface area contributed by atoms with Crippen molar-refractivity contribution in [3.8, 4) is 11.5 Å². The highest BCUT2D eigenvalue weighted by Crippen LogP contribution is 2.26. The van der Waals surface area contributed by atoms with Gasteiger partial charge in [0, 0.05) is 0 Å². The normalized spacial score (nSPS) is 10.5. The van der Waals surface area contributed by atoms with Crippen molar-refractivity contribution >= 4 is 29.1 Å². The van der Waals surface area contributed by atoms with Gasteiger partial charge < -0.3 is 9.73 Å². The molecule has 116 valence electrons. The highest BCUT2D eigenvalue weighted by Gasteiger charge is 2.13. The molecule has 3 rings (SSSR count). The van der Waals surface area contributed by atoms with E-state index in [1.807, 2.05) is 12.1 Å². The molecule has 0 fully saturated rings. The molecule has 0 atom stereocenters. The molecule has 1 amide bonds. The maximum absolute atomic E-state index is 12.1. The van der Waals surface area contributed by atoms with Gasteiger partial charge in [-0.2, -0.15) is 0 Å². The van der Waals surface area contributed by atoms with Crippen LogP contribution in [-0.4, -0.2) is 16.1 Å². The molecule has 1 N–H and O–H groups in total. The fraction of sp³-hybridized carbons (Fsp3) is 0.0625. The molecule has 1 aromatic heterocycles. The molecule has 0 radical (unpaired) electrons. The van der Waals surface area contributed by atoms with E-state index >= 15 is 0 Å². The number of carbonyl (C=O) groups is 1. The maximum atomic E-state index is 12.1. The lowest BCUT2D eigenvalue weighted by Crippen LogP contribution is -2.23. The zero-order valence-corrected chi connectivity index (χ0v) is 13.3. The minimum Gasteiger partial charge on any atom is -0.419 e. The fourth-order valence-electron chi connectivity index (χ4n) is 1.97. The van der Waals surface area contributed by atoms with Crippen LogP contribution in [0.2, 0.25) is 10.0 Å². The lowest BCUT2D eigenvalue weighted by molar-refractivity contribution is 0.0947. The van der Waals surface area contributed by atoms with Crippen molar-refractivity contribution < 1.29 is 9.21 Å². The van der Waals surface area contributed by atoms with E-state index in [0.29, 0.717) is 27.1 Å². The van der Waals surface area contributed by atoms with Gasteiger partial charge in [0.15, 0.2) is 0 Å². The lowest BCUT2D eigenvalue weighted by atomic mass is 10.2. The maximum Gasteiger partial charge on any atom is 0.253 e. The van der Waals surface area contributed by atoms with Crippen molar-refractivity contribution in [2.24, 2.45) is 0 Å². The molecule has 0 saturated heterocycles. The summed E-state index contributed by atoms with van der Waals surface area (Å²) in [5, 5.41) is 11.4. The Hall–Kier alpha value is -2.37. The Morgan fingerprint density at radius 2 is 1.70 bits per heavy atom.